The zero-order valence-corrected chi connectivity index (χ0v) is 18.4. The van der Waals surface area contributed by atoms with E-state index < -0.39 is 0 Å². The Hall–Kier alpha value is -3.46. The van der Waals surface area contributed by atoms with Gasteiger partial charge in [0.25, 0.3) is 5.91 Å². The van der Waals surface area contributed by atoms with Crippen LogP contribution in [-0.4, -0.2) is 59.0 Å². The molecule has 3 aromatic rings. The number of pyridine rings is 2. The highest BCUT2D eigenvalue weighted by atomic mass is 16.5. The minimum Gasteiger partial charge on any atom is -0.485 e. The van der Waals surface area contributed by atoms with Crippen molar-refractivity contribution in [3.8, 4) is 11.6 Å². The van der Waals surface area contributed by atoms with Gasteiger partial charge in [0.05, 0.1) is 24.1 Å². The zero-order chi connectivity index (χ0) is 22.3. The third-order valence-corrected chi connectivity index (χ3v) is 5.25. The number of anilines is 1. The molecule has 4 heterocycles. The van der Waals surface area contributed by atoms with Crippen molar-refractivity contribution in [3.63, 3.8) is 0 Å². The van der Waals surface area contributed by atoms with E-state index in [9.17, 15) is 4.79 Å². The summed E-state index contributed by atoms with van der Waals surface area (Å²) < 4.78 is 13.1. The fraction of sp³-hybridized carbons (Fsp3) is 0.391. The molecule has 1 fully saturated rings. The second-order valence-corrected chi connectivity index (χ2v) is 7.89. The van der Waals surface area contributed by atoms with Crippen molar-refractivity contribution in [1.29, 1.82) is 0 Å². The number of aromatic nitrogens is 4. The Morgan fingerprint density at radius 3 is 2.91 bits per heavy atom. The lowest BCUT2D eigenvalue weighted by Crippen LogP contribution is -2.35. The molecular weight excluding hydrogens is 408 g/mol. The van der Waals surface area contributed by atoms with Gasteiger partial charge in [0.2, 0.25) is 0 Å². The van der Waals surface area contributed by atoms with Crippen LogP contribution in [0.2, 0.25) is 0 Å². The lowest BCUT2D eigenvalue weighted by Gasteiger charge is -2.22. The number of nitrogens with zero attached hydrogens (tertiary/aromatic N) is 5. The highest BCUT2D eigenvalue weighted by Gasteiger charge is 2.16. The molecule has 4 rings (SSSR count). The highest BCUT2D eigenvalue weighted by molar-refractivity contribution is 5.93. The second-order valence-electron chi connectivity index (χ2n) is 7.89. The number of amides is 1. The summed E-state index contributed by atoms with van der Waals surface area (Å²) in [5, 5.41) is 7.24. The SMILES string of the molecule is CN(C)c1ncccc1COc1cnn(-c2ccc(C(=O)NCC3CCCCO3)cn2)c1. The fourth-order valence-electron chi connectivity index (χ4n) is 3.55. The van der Waals surface area contributed by atoms with Crippen LogP contribution in [0, 0.1) is 0 Å². The van der Waals surface area contributed by atoms with E-state index in [1.165, 1.54) is 0 Å². The predicted molar refractivity (Wildman–Crippen MR) is 120 cm³/mol. The van der Waals surface area contributed by atoms with Gasteiger partial charge >= 0.3 is 0 Å². The summed E-state index contributed by atoms with van der Waals surface area (Å²) in [4.78, 5) is 23.1. The smallest absolute Gasteiger partial charge is 0.252 e. The first-order chi connectivity index (χ1) is 15.6. The summed E-state index contributed by atoms with van der Waals surface area (Å²) in [6, 6.07) is 7.37. The highest BCUT2D eigenvalue weighted by Crippen LogP contribution is 2.19. The summed E-state index contributed by atoms with van der Waals surface area (Å²) in [6.07, 6.45) is 10.0. The number of carbonyl (C=O) groups is 1. The maximum Gasteiger partial charge on any atom is 0.252 e. The van der Waals surface area contributed by atoms with Gasteiger partial charge in [0.1, 0.15) is 12.4 Å². The number of ether oxygens (including phenoxy) is 2. The van der Waals surface area contributed by atoms with Crippen molar-refractivity contribution >= 4 is 11.7 Å². The Labute approximate surface area is 187 Å². The molecule has 168 valence electrons. The zero-order valence-electron chi connectivity index (χ0n) is 18.4. The molecule has 0 aromatic carbocycles. The van der Waals surface area contributed by atoms with Crippen LogP contribution in [0.1, 0.15) is 35.2 Å². The van der Waals surface area contributed by atoms with Crippen molar-refractivity contribution in [2.24, 2.45) is 0 Å². The summed E-state index contributed by atoms with van der Waals surface area (Å²) in [7, 11) is 3.90. The normalized spacial score (nSPS) is 15.9. The molecule has 1 atom stereocenters. The first-order valence-corrected chi connectivity index (χ1v) is 10.7. The van der Waals surface area contributed by atoms with Crippen LogP contribution in [0.3, 0.4) is 0 Å². The summed E-state index contributed by atoms with van der Waals surface area (Å²) in [6.45, 7) is 1.67. The van der Waals surface area contributed by atoms with E-state index in [0.717, 1.165) is 37.3 Å². The van der Waals surface area contributed by atoms with Gasteiger partial charge in [-0.2, -0.15) is 5.10 Å². The van der Waals surface area contributed by atoms with Crippen LogP contribution < -0.4 is 15.0 Å². The summed E-state index contributed by atoms with van der Waals surface area (Å²) >= 11 is 0. The molecule has 1 unspecified atom stereocenters. The lowest BCUT2D eigenvalue weighted by molar-refractivity contribution is 0.0169. The van der Waals surface area contributed by atoms with E-state index in [0.29, 0.717) is 30.3 Å². The first-order valence-electron chi connectivity index (χ1n) is 10.7. The molecule has 32 heavy (non-hydrogen) atoms. The van der Waals surface area contributed by atoms with E-state index in [2.05, 4.69) is 20.4 Å². The maximum absolute atomic E-state index is 12.4. The van der Waals surface area contributed by atoms with Gasteiger partial charge in [0, 0.05) is 45.2 Å². The minimum absolute atomic E-state index is 0.0999. The molecule has 0 bridgehead atoms. The molecule has 9 nitrogen and oxygen atoms in total. The number of carbonyl (C=O) groups excluding carboxylic acids is 1. The van der Waals surface area contributed by atoms with Crippen molar-refractivity contribution in [2.75, 3.05) is 32.1 Å². The molecule has 1 amide bonds. The van der Waals surface area contributed by atoms with Crippen LogP contribution in [-0.2, 0) is 11.3 Å². The van der Waals surface area contributed by atoms with Gasteiger partial charge in [-0.25, -0.2) is 14.6 Å². The molecular formula is C23H28N6O3. The largest absolute Gasteiger partial charge is 0.485 e. The summed E-state index contributed by atoms with van der Waals surface area (Å²) in [5.41, 5.74) is 1.48. The van der Waals surface area contributed by atoms with Crippen LogP contribution >= 0.6 is 0 Å². The van der Waals surface area contributed by atoms with Gasteiger partial charge in [-0.3, -0.25) is 4.79 Å². The Morgan fingerprint density at radius 2 is 2.16 bits per heavy atom. The number of hydrogen-bond acceptors (Lipinski definition) is 7. The average Bonchev–Trinajstić information content (AvgIpc) is 3.31. The maximum atomic E-state index is 12.4. The van der Waals surface area contributed by atoms with Crippen LogP contribution in [0.15, 0.2) is 49.1 Å². The van der Waals surface area contributed by atoms with Crippen molar-refractivity contribution in [2.45, 2.75) is 32.0 Å². The van der Waals surface area contributed by atoms with Gasteiger partial charge in [-0.05, 0) is 37.5 Å². The quantitative estimate of drug-likeness (QED) is 0.580. The standard InChI is InChI=1S/C23H28N6O3/c1-28(2)22-18(6-5-10-24-22)16-32-20-14-27-29(15-20)21-9-8-17(12-25-21)23(30)26-13-19-7-3-4-11-31-19/h5-6,8-10,12,14-15,19H,3-4,7,11,13,16H2,1-2H3,(H,26,30). The third kappa shape index (κ3) is 5.42. The van der Waals surface area contributed by atoms with Crippen LogP contribution in [0.25, 0.3) is 5.82 Å². The molecule has 1 aliphatic rings. The average molecular weight is 437 g/mol. The summed E-state index contributed by atoms with van der Waals surface area (Å²) in [5.74, 6) is 1.93. The molecule has 0 aliphatic carbocycles. The minimum atomic E-state index is -0.157. The molecule has 3 aromatic heterocycles. The van der Waals surface area contributed by atoms with E-state index in [1.54, 1.807) is 41.6 Å². The van der Waals surface area contributed by atoms with Crippen molar-refractivity contribution in [3.05, 3.63) is 60.2 Å². The molecule has 9 heteroatoms. The Balaban J connectivity index is 1.33. The van der Waals surface area contributed by atoms with Crippen LogP contribution in [0.5, 0.6) is 5.75 Å². The van der Waals surface area contributed by atoms with Crippen molar-refractivity contribution in [1.82, 2.24) is 25.1 Å². The van der Waals surface area contributed by atoms with Gasteiger partial charge < -0.3 is 19.7 Å². The Morgan fingerprint density at radius 1 is 1.25 bits per heavy atom. The molecule has 0 saturated carbocycles. The van der Waals surface area contributed by atoms with E-state index in [1.807, 2.05) is 31.1 Å². The topological polar surface area (TPSA) is 94.4 Å². The van der Waals surface area contributed by atoms with Gasteiger partial charge in [-0.15, -0.1) is 0 Å². The molecule has 1 N–H and O–H groups in total. The lowest BCUT2D eigenvalue weighted by atomic mass is 10.1. The fourth-order valence-corrected chi connectivity index (χ4v) is 3.55. The number of rotatable bonds is 8. The molecule has 0 spiro atoms. The van der Waals surface area contributed by atoms with E-state index >= 15 is 0 Å². The number of hydrogen-bond donors (Lipinski definition) is 1. The van der Waals surface area contributed by atoms with E-state index in [4.69, 9.17) is 9.47 Å². The predicted octanol–water partition coefficient (Wildman–Crippen LogP) is 2.61. The Kier molecular flexibility index (Phi) is 6.96. The van der Waals surface area contributed by atoms with E-state index in [-0.39, 0.29) is 12.0 Å². The van der Waals surface area contributed by atoms with Crippen molar-refractivity contribution < 1.29 is 14.3 Å². The van der Waals surface area contributed by atoms with Crippen LogP contribution in [0.4, 0.5) is 5.82 Å². The van der Waals surface area contributed by atoms with Gasteiger partial charge in [-0.1, -0.05) is 6.07 Å². The first kappa shape index (κ1) is 21.8. The molecule has 0 radical (unpaired) electrons. The third-order valence-electron chi connectivity index (χ3n) is 5.25. The number of nitrogens with one attached hydrogen (secondary N) is 1. The van der Waals surface area contributed by atoms with Gasteiger partial charge in [0.15, 0.2) is 11.6 Å². The molecule has 1 aliphatic heterocycles. The second kappa shape index (κ2) is 10.2. The monoisotopic (exact) mass is 436 g/mol. The Bertz CT molecular complexity index is 1030. The molecule has 1 saturated heterocycles.